The van der Waals surface area contributed by atoms with Gasteiger partial charge in [-0.15, -0.1) is 0 Å². The summed E-state index contributed by atoms with van der Waals surface area (Å²) in [6.45, 7) is 2.64. The number of carbonyl (C=O) groups is 2. The highest BCUT2D eigenvalue weighted by molar-refractivity contribution is 5.95. The fourth-order valence-corrected chi connectivity index (χ4v) is 1.86. The molecule has 6 heteroatoms. The van der Waals surface area contributed by atoms with E-state index in [-0.39, 0.29) is 17.2 Å². The van der Waals surface area contributed by atoms with Gasteiger partial charge in [-0.05, 0) is 18.6 Å². The van der Waals surface area contributed by atoms with Crippen LogP contribution >= 0.6 is 0 Å². The van der Waals surface area contributed by atoms with Gasteiger partial charge in [-0.25, -0.2) is 4.79 Å². The van der Waals surface area contributed by atoms with Gasteiger partial charge in [-0.3, -0.25) is 4.79 Å². The molecule has 2 rings (SSSR count). The zero-order valence-corrected chi connectivity index (χ0v) is 12.4. The van der Waals surface area contributed by atoms with E-state index in [9.17, 15) is 9.59 Å². The number of carbonyl (C=O) groups excluding carboxylic acids is 1. The van der Waals surface area contributed by atoms with E-state index < -0.39 is 5.97 Å². The van der Waals surface area contributed by atoms with Crippen LogP contribution in [0.1, 0.15) is 26.5 Å². The molecule has 6 nitrogen and oxygen atoms in total. The molecule has 1 heterocycles. The summed E-state index contributed by atoms with van der Waals surface area (Å²) in [6.07, 6.45) is 1.05. The van der Waals surface area contributed by atoms with Crippen LogP contribution in [0.3, 0.4) is 0 Å². The van der Waals surface area contributed by atoms with Crippen molar-refractivity contribution in [2.75, 3.05) is 20.2 Å². The smallest absolute Gasteiger partial charge is 0.338 e. The molecule has 1 aromatic carbocycles. The molecule has 2 aromatic rings. The maximum Gasteiger partial charge on any atom is 0.338 e. The van der Waals surface area contributed by atoms with Gasteiger partial charge in [0.05, 0.1) is 12.1 Å². The molecule has 1 aromatic heterocycles. The number of aromatic carboxylic acids is 1. The van der Waals surface area contributed by atoms with Gasteiger partial charge < -0.3 is 19.2 Å². The van der Waals surface area contributed by atoms with Gasteiger partial charge in [-0.1, -0.05) is 18.2 Å². The lowest BCUT2D eigenvalue weighted by Gasteiger charge is -2.16. The Hall–Kier alpha value is -2.76. The third kappa shape index (κ3) is 3.66. The topological polar surface area (TPSA) is 80.0 Å². The Morgan fingerprint density at radius 3 is 2.68 bits per heavy atom. The van der Waals surface area contributed by atoms with Crippen LogP contribution in [0.15, 0.2) is 41.0 Å². The predicted molar refractivity (Wildman–Crippen MR) is 79.3 cm³/mol. The molecule has 0 saturated carbocycles. The number of furan rings is 1. The monoisotopic (exact) mass is 303 g/mol. The summed E-state index contributed by atoms with van der Waals surface area (Å²) in [7, 11) is 1.60. The number of likely N-dealkylation sites (N-methyl/N-ethyl adjacent to an activating group) is 1. The van der Waals surface area contributed by atoms with Crippen molar-refractivity contribution in [1.29, 1.82) is 0 Å². The zero-order chi connectivity index (χ0) is 16.1. The number of ether oxygens (including phenoxy) is 1. The summed E-state index contributed by atoms with van der Waals surface area (Å²) in [5, 5.41) is 8.81. The van der Waals surface area contributed by atoms with Crippen LogP contribution in [0.2, 0.25) is 0 Å². The highest BCUT2D eigenvalue weighted by Crippen LogP contribution is 2.16. The van der Waals surface area contributed by atoms with Gasteiger partial charge >= 0.3 is 5.97 Å². The first-order valence-electron chi connectivity index (χ1n) is 6.74. The van der Waals surface area contributed by atoms with Crippen molar-refractivity contribution in [2.24, 2.45) is 0 Å². The number of amides is 1. The van der Waals surface area contributed by atoms with E-state index in [0.717, 1.165) is 17.6 Å². The minimum Gasteiger partial charge on any atom is -0.491 e. The Morgan fingerprint density at radius 1 is 1.32 bits per heavy atom. The molecule has 0 saturated heterocycles. The Morgan fingerprint density at radius 2 is 2.05 bits per heavy atom. The molecule has 0 spiro atoms. The van der Waals surface area contributed by atoms with Crippen molar-refractivity contribution in [2.45, 2.75) is 6.92 Å². The second-order valence-corrected chi connectivity index (χ2v) is 4.85. The first-order valence-corrected chi connectivity index (χ1v) is 6.74. The molecule has 22 heavy (non-hydrogen) atoms. The van der Waals surface area contributed by atoms with Crippen molar-refractivity contribution >= 4 is 11.9 Å². The van der Waals surface area contributed by atoms with Gasteiger partial charge in [0, 0.05) is 13.1 Å². The van der Waals surface area contributed by atoms with Crippen molar-refractivity contribution in [3.8, 4) is 5.75 Å². The fraction of sp³-hybridized carbons (Fsp3) is 0.250. The summed E-state index contributed by atoms with van der Waals surface area (Å²) in [5.41, 5.74) is 0.974. The summed E-state index contributed by atoms with van der Waals surface area (Å²) in [5.74, 6) is -0.750. The highest BCUT2D eigenvalue weighted by atomic mass is 16.5. The van der Waals surface area contributed by atoms with Crippen molar-refractivity contribution < 1.29 is 23.8 Å². The molecule has 0 aliphatic rings. The standard InChI is InChI=1S/C16H17NO5/c1-11-5-3-4-6-13(11)21-8-7-17(2)15(18)14-9-12(10-22-14)16(19)20/h3-6,9-10H,7-8H2,1-2H3,(H,19,20). The van der Waals surface area contributed by atoms with E-state index >= 15 is 0 Å². The summed E-state index contributed by atoms with van der Waals surface area (Å²) in [6, 6.07) is 8.83. The summed E-state index contributed by atoms with van der Waals surface area (Å²) in [4.78, 5) is 24.3. The van der Waals surface area contributed by atoms with E-state index in [1.807, 2.05) is 31.2 Å². The molecule has 0 aliphatic heterocycles. The molecule has 0 unspecified atom stereocenters. The second-order valence-electron chi connectivity index (χ2n) is 4.85. The van der Waals surface area contributed by atoms with Gasteiger partial charge in [0.25, 0.3) is 5.91 Å². The number of aryl methyl sites for hydroxylation is 1. The third-order valence-electron chi connectivity index (χ3n) is 3.18. The molecule has 1 amide bonds. The molecule has 0 radical (unpaired) electrons. The largest absolute Gasteiger partial charge is 0.491 e. The molecule has 0 atom stereocenters. The van der Waals surface area contributed by atoms with Gasteiger partial charge in [0.15, 0.2) is 5.76 Å². The normalized spacial score (nSPS) is 10.3. The van der Waals surface area contributed by atoms with Crippen molar-refractivity contribution in [3.05, 3.63) is 53.5 Å². The lowest BCUT2D eigenvalue weighted by Crippen LogP contribution is -2.30. The predicted octanol–water partition coefficient (Wildman–Crippen LogP) is 2.44. The summed E-state index contributed by atoms with van der Waals surface area (Å²) < 4.78 is 10.6. The highest BCUT2D eigenvalue weighted by Gasteiger charge is 2.18. The molecule has 0 bridgehead atoms. The molecular formula is C16H17NO5. The van der Waals surface area contributed by atoms with Crippen LogP contribution in [0.4, 0.5) is 0 Å². The van der Waals surface area contributed by atoms with Gasteiger partial charge in [-0.2, -0.15) is 0 Å². The third-order valence-corrected chi connectivity index (χ3v) is 3.18. The number of benzene rings is 1. The molecule has 1 N–H and O–H groups in total. The van der Waals surface area contributed by atoms with E-state index in [0.29, 0.717) is 13.2 Å². The SMILES string of the molecule is Cc1ccccc1OCCN(C)C(=O)c1cc(C(=O)O)co1. The Balaban J connectivity index is 1.88. The van der Waals surface area contributed by atoms with Gasteiger partial charge in [0.2, 0.25) is 0 Å². The Labute approximate surface area is 127 Å². The maximum absolute atomic E-state index is 12.1. The quantitative estimate of drug-likeness (QED) is 0.886. The number of carboxylic acid groups (broad SMARTS) is 1. The number of para-hydroxylation sites is 1. The van der Waals surface area contributed by atoms with Crippen LogP contribution in [-0.4, -0.2) is 42.1 Å². The minimum absolute atomic E-state index is 0.00390. The number of carboxylic acids is 1. The lowest BCUT2D eigenvalue weighted by molar-refractivity contribution is 0.0694. The second kappa shape index (κ2) is 6.80. The summed E-state index contributed by atoms with van der Waals surface area (Å²) >= 11 is 0. The molecule has 0 aliphatic carbocycles. The van der Waals surface area contributed by atoms with Crippen LogP contribution in [-0.2, 0) is 0 Å². The number of hydrogen-bond donors (Lipinski definition) is 1. The minimum atomic E-state index is -1.13. The lowest BCUT2D eigenvalue weighted by atomic mass is 10.2. The molecule has 116 valence electrons. The van der Waals surface area contributed by atoms with Crippen LogP contribution in [0, 0.1) is 6.92 Å². The van der Waals surface area contributed by atoms with E-state index in [2.05, 4.69) is 0 Å². The van der Waals surface area contributed by atoms with Crippen molar-refractivity contribution in [1.82, 2.24) is 4.90 Å². The van der Waals surface area contributed by atoms with E-state index in [1.165, 1.54) is 11.0 Å². The average Bonchev–Trinajstić information content (AvgIpc) is 2.98. The number of hydrogen-bond acceptors (Lipinski definition) is 4. The first-order chi connectivity index (χ1) is 10.5. The zero-order valence-electron chi connectivity index (χ0n) is 12.4. The van der Waals surface area contributed by atoms with E-state index in [4.69, 9.17) is 14.3 Å². The van der Waals surface area contributed by atoms with Crippen LogP contribution in [0.5, 0.6) is 5.75 Å². The van der Waals surface area contributed by atoms with E-state index in [1.54, 1.807) is 7.05 Å². The van der Waals surface area contributed by atoms with Crippen LogP contribution in [0.25, 0.3) is 0 Å². The fourth-order valence-electron chi connectivity index (χ4n) is 1.86. The van der Waals surface area contributed by atoms with Crippen LogP contribution < -0.4 is 4.74 Å². The first kappa shape index (κ1) is 15.6. The Kier molecular flexibility index (Phi) is 4.83. The van der Waals surface area contributed by atoms with Gasteiger partial charge in [0.1, 0.15) is 18.6 Å². The number of rotatable bonds is 6. The maximum atomic E-state index is 12.1. The number of nitrogens with zero attached hydrogens (tertiary/aromatic N) is 1. The van der Waals surface area contributed by atoms with Crippen molar-refractivity contribution in [3.63, 3.8) is 0 Å². The Bertz CT molecular complexity index is 677. The molecular weight excluding hydrogens is 286 g/mol. The average molecular weight is 303 g/mol. The molecule has 0 fully saturated rings.